The molecule has 2 N–H and O–H groups in total. The molecular weight excluding hydrogens is 426 g/mol. The largest absolute Gasteiger partial charge is 0.494 e. The van der Waals surface area contributed by atoms with Crippen molar-refractivity contribution in [2.75, 3.05) is 19.5 Å². The number of carbonyl (C=O) groups is 2. The van der Waals surface area contributed by atoms with Crippen LogP contribution in [0.4, 0.5) is 10.5 Å². The number of urea groups is 1. The number of para-hydroxylation sites is 1. The summed E-state index contributed by atoms with van der Waals surface area (Å²) in [6, 6.07) is 5.18. The van der Waals surface area contributed by atoms with Gasteiger partial charge in [0.25, 0.3) is 5.91 Å². The Kier molecular flexibility index (Phi) is 6.83. The van der Waals surface area contributed by atoms with Gasteiger partial charge in [-0.1, -0.05) is 52.5 Å². The first kappa shape index (κ1) is 20.5. The van der Waals surface area contributed by atoms with Crippen LogP contribution in [-0.4, -0.2) is 26.2 Å². The molecule has 2 aromatic carbocycles. The Morgan fingerprint density at radius 3 is 1.85 bits per heavy atom. The number of amides is 3. The molecule has 0 aromatic heterocycles. The van der Waals surface area contributed by atoms with Crippen molar-refractivity contribution in [1.29, 1.82) is 0 Å². The van der Waals surface area contributed by atoms with Crippen LogP contribution in [0.2, 0.25) is 20.1 Å². The minimum atomic E-state index is -0.870. The van der Waals surface area contributed by atoms with Gasteiger partial charge < -0.3 is 14.8 Å². The highest BCUT2D eigenvalue weighted by atomic mass is 35.5. The summed E-state index contributed by atoms with van der Waals surface area (Å²) in [5, 5.41) is 5.10. The zero-order valence-corrected chi connectivity index (χ0v) is 16.5. The average Bonchev–Trinajstić information content (AvgIpc) is 2.57. The van der Waals surface area contributed by atoms with E-state index in [0.29, 0.717) is 0 Å². The molecule has 0 spiro atoms. The Bertz CT molecular complexity index is 825. The summed E-state index contributed by atoms with van der Waals surface area (Å²) >= 11 is 24.0. The number of hydrogen-bond acceptors (Lipinski definition) is 4. The van der Waals surface area contributed by atoms with Crippen molar-refractivity contribution >= 4 is 64.0 Å². The smallest absolute Gasteiger partial charge is 0.326 e. The van der Waals surface area contributed by atoms with Crippen LogP contribution in [0.5, 0.6) is 11.5 Å². The molecule has 0 aliphatic rings. The molecular formula is C16H12Cl4N2O4. The molecule has 0 saturated heterocycles. The molecule has 0 fully saturated rings. The van der Waals surface area contributed by atoms with Crippen LogP contribution >= 0.6 is 46.4 Å². The van der Waals surface area contributed by atoms with Crippen molar-refractivity contribution in [2.24, 2.45) is 0 Å². The van der Waals surface area contributed by atoms with E-state index >= 15 is 0 Å². The topological polar surface area (TPSA) is 76.7 Å². The SMILES string of the molecule is COc1c(Cl)cc(Cl)c(OC)c1C(=O)NC(=O)Nc1c(Cl)cccc1Cl. The maximum Gasteiger partial charge on any atom is 0.326 e. The normalized spacial score (nSPS) is 10.2. The summed E-state index contributed by atoms with van der Waals surface area (Å²) in [6.07, 6.45) is 0. The Hall–Kier alpha value is -1.86. The lowest BCUT2D eigenvalue weighted by atomic mass is 10.1. The first-order chi connectivity index (χ1) is 12.3. The van der Waals surface area contributed by atoms with Gasteiger partial charge in [-0.3, -0.25) is 10.1 Å². The van der Waals surface area contributed by atoms with Gasteiger partial charge in [0, 0.05) is 0 Å². The molecule has 0 aliphatic carbocycles. The zero-order valence-electron chi connectivity index (χ0n) is 13.5. The fourth-order valence-electron chi connectivity index (χ4n) is 2.12. The number of halogens is 4. The second kappa shape index (κ2) is 8.68. The molecule has 2 aromatic rings. The van der Waals surface area contributed by atoms with Crippen LogP contribution < -0.4 is 20.1 Å². The van der Waals surface area contributed by atoms with Crippen molar-refractivity contribution in [3.63, 3.8) is 0 Å². The number of rotatable bonds is 4. The van der Waals surface area contributed by atoms with Crippen LogP contribution in [0, 0.1) is 0 Å². The van der Waals surface area contributed by atoms with Gasteiger partial charge >= 0.3 is 6.03 Å². The predicted molar refractivity (Wildman–Crippen MR) is 103 cm³/mol. The first-order valence-electron chi connectivity index (χ1n) is 6.96. The molecule has 26 heavy (non-hydrogen) atoms. The van der Waals surface area contributed by atoms with E-state index in [-0.39, 0.29) is 42.8 Å². The van der Waals surface area contributed by atoms with Gasteiger partial charge in [-0.15, -0.1) is 0 Å². The molecule has 10 heteroatoms. The van der Waals surface area contributed by atoms with Gasteiger partial charge in [-0.05, 0) is 18.2 Å². The number of nitrogens with one attached hydrogen (secondary N) is 2. The van der Waals surface area contributed by atoms with Crippen molar-refractivity contribution in [3.8, 4) is 11.5 Å². The van der Waals surface area contributed by atoms with Crippen LogP contribution in [0.3, 0.4) is 0 Å². The third-order valence-corrected chi connectivity index (χ3v) is 4.40. The molecule has 2 rings (SSSR count). The number of ether oxygens (including phenoxy) is 2. The third-order valence-electron chi connectivity index (χ3n) is 3.21. The maximum atomic E-state index is 12.6. The fraction of sp³-hybridized carbons (Fsp3) is 0.125. The molecule has 0 bridgehead atoms. The van der Waals surface area contributed by atoms with E-state index in [2.05, 4.69) is 10.6 Å². The van der Waals surface area contributed by atoms with Crippen molar-refractivity contribution < 1.29 is 19.1 Å². The highest BCUT2D eigenvalue weighted by Gasteiger charge is 2.26. The Labute approximate surface area is 169 Å². The van der Waals surface area contributed by atoms with Gasteiger partial charge in [0.05, 0.1) is 40.0 Å². The van der Waals surface area contributed by atoms with E-state index in [1.54, 1.807) is 6.07 Å². The Morgan fingerprint density at radius 1 is 0.885 bits per heavy atom. The van der Waals surface area contributed by atoms with Crippen molar-refractivity contribution in [3.05, 3.63) is 49.9 Å². The second-order valence-corrected chi connectivity index (χ2v) is 6.42. The summed E-state index contributed by atoms with van der Waals surface area (Å²) in [4.78, 5) is 24.7. The van der Waals surface area contributed by atoms with Gasteiger partial charge in [0.1, 0.15) is 5.56 Å². The number of anilines is 1. The van der Waals surface area contributed by atoms with E-state index in [1.165, 1.54) is 32.4 Å². The quantitative estimate of drug-likeness (QED) is 0.682. The number of benzene rings is 2. The number of imide groups is 1. The molecule has 138 valence electrons. The average molecular weight is 438 g/mol. The Morgan fingerprint density at radius 2 is 1.38 bits per heavy atom. The minimum Gasteiger partial charge on any atom is -0.494 e. The van der Waals surface area contributed by atoms with Crippen LogP contribution in [0.25, 0.3) is 0 Å². The third kappa shape index (κ3) is 4.27. The standard InChI is InChI=1S/C16H12Cl4N2O4/c1-25-13-9(19)6-10(20)14(26-2)11(13)15(23)22-16(24)21-12-7(17)4-3-5-8(12)18/h3-6H,1-2H3,(H2,21,22,23,24). The monoisotopic (exact) mass is 436 g/mol. The lowest BCUT2D eigenvalue weighted by Gasteiger charge is -2.16. The highest BCUT2D eigenvalue weighted by molar-refractivity contribution is 6.40. The number of methoxy groups -OCH3 is 2. The fourth-order valence-corrected chi connectivity index (χ4v) is 3.23. The van der Waals surface area contributed by atoms with Crippen LogP contribution in [-0.2, 0) is 0 Å². The zero-order chi connectivity index (χ0) is 19.4. The molecule has 0 heterocycles. The predicted octanol–water partition coefficient (Wildman–Crippen LogP) is 5.28. The molecule has 0 aliphatic heterocycles. The molecule has 3 amide bonds. The molecule has 0 radical (unpaired) electrons. The van der Waals surface area contributed by atoms with E-state index in [4.69, 9.17) is 55.9 Å². The highest BCUT2D eigenvalue weighted by Crippen LogP contribution is 2.41. The lowest BCUT2D eigenvalue weighted by Crippen LogP contribution is -2.35. The molecule has 6 nitrogen and oxygen atoms in total. The summed E-state index contributed by atoms with van der Waals surface area (Å²) in [5.41, 5.74) is 0.0251. The van der Waals surface area contributed by atoms with E-state index < -0.39 is 11.9 Å². The number of hydrogen-bond donors (Lipinski definition) is 2. The molecule has 0 unspecified atom stereocenters. The summed E-state index contributed by atoms with van der Waals surface area (Å²) < 4.78 is 10.3. The lowest BCUT2D eigenvalue weighted by molar-refractivity contribution is 0.0961. The van der Waals surface area contributed by atoms with Crippen molar-refractivity contribution in [1.82, 2.24) is 5.32 Å². The van der Waals surface area contributed by atoms with Gasteiger partial charge in [-0.2, -0.15) is 0 Å². The minimum absolute atomic E-state index is 0.00833. The van der Waals surface area contributed by atoms with Crippen LogP contribution in [0.1, 0.15) is 10.4 Å². The van der Waals surface area contributed by atoms with E-state index in [0.717, 1.165) is 0 Å². The van der Waals surface area contributed by atoms with Gasteiger partial charge in [0.2, 0.25) is 0 Å². The summed E-state index contributed by atoms with van der Waals surface area (Å²) in [7, 11) is 2.63. The van der Waals surface area contributed by atoms with E-state index in [9.17, 15) is 9.59 Å². The molecule has 0 atom stereocenters. The summed E-state index contributed by atoms with van der Waals surface area (Å²) in [5.74, 6) is -0.827. The molecule has 0 saturated carbocycles. The van der Waals surface area contributed by atoms with Crippen LogP contribution in [0.15, 0.2) is 24.3 Å². The summed E-state index contributed by atoms with van der Waals surface area (Å²) in [6.45, 7) is 0. The first-order valence-corrected chi connectivity index (χ1v) is 8.47. The number of carbonyl (C=O) groups excluding carboxylic acids is 2. The van der Waals surface area contributed by atoms with Gasteiger partial charge in [0.15, 0.2) is 11.5 Å². The maximum absolute atomic E-state index is 12.6. The second-order valence-electron chi connectivity index (χ2n) is 4.79. The van der Waals surface area contributed by atoms with Gasteiger partial charge in [-0.25, -0.2) is 4.79 Å². The van der Waals surface area contributed by atoms with Crippen molar-refractivity contribution in [2.45, 2.75) is 0 Å². The Balaban J connectivity index is 2.31. The van der Waals surface area contributed by atoms with E-state index in [1.807, 2.05) is 0 Å².